The zero-order valence-corrected chi connectivity index (χ0v) is 13.8. The van der Waals surface area contributed by atoms with E-state index in [0.29, 0.717) is 25.1 Å². The number of benzene rings is 1. The van der Waals surface area contributed by atoms with Crippen LogP contribution in [-0.2, 0) is 9.53 Å². The van der Waals surface area contributed by atoms with E-state index in [0.717, 1.165) is 19.5 Å². The molecule has 0 heterocycles. The minimum absolute atomic E-state index is 0.0321. The van der Waals surface area contributed by atoms with Gasteiger partial charge in [0.15, 0.2) is 0 Å². The summed E-state index contributed by atoms with van der Waals surface area (Å²) in [5.41, 5.74) is 0.594. The van der Waals surface area contributed by atoms with Crippen molar-refractivity contribution in [2.24, 2.45) is 0 Å². The maximum atomic E-state index is 13.6. The van der Waals surface area contributed by atoms with Gasteiger partial charge >= 0.3 is 0 Å². The van der Waals surface area contributed by atoms with E-state index in [9.17, 15) is 9.18 Å². The first-order chi connectivity index (χ1) is 10.5. The van der Waals surface area contributed by atoms with E-state index >= 15 is 0 Å². The quantitative estimate of drug-likeness (QED) is 0.675. The number of nitrogens with zero attached hydrogens (tertiary/aromatic N) is 1. The van der Waals surface area contributed by atoms with Crippen LogP contribution < -0.4 is 5.32 Å². The largest absolute Gasteiger partial charge is 0.383 e. The lowest BCUT2D eigenvalue weighted by atomic mass is 9.97. The van der Waals surface area contributed by atoms with Crippen molar-refractivity contribution in [3.05, 3.63) is 35.6 Å². The molecule has 1 aromatic carbocycles. The molecule has 1 aromatic rings. The van der Waals surface area contributed by atoms with E-state index in [1.807, 2.05) is 14.0 Å². The highest BCUT2D eigenvalue weighted by molar-refractivity contribution is 5.76. The lowest BCUT2D eigenvalue weighted by Gasteiger charge is -2.16. The zero-order chi connectivity index (χ0) is 16.4. The molecular formula is C17H27FN2O2. The van der Waals surface area contributed by atoms with Gasteiger partial charge in [-0.1, -0.05) is 25.1 Å². The Morgan fingerprint density at radius 1 is 1.36 bits per heavy atom. The Morgan fingerprint density at radius 2 is 2.09 bits per heavy atom. The molecule has 22 heavy (non-hydrogen) atoms. The van der Waals surface area contributed by atoms with Crippen molar-refractivity contribution in [2.75, 3.05) is 40.4 Å². The Bertz CT molecular complexity index is 454. The van der Waals surface area contributed by atoms with E-state index < -0.39 is 0 Å². The van der Waals surface area contributed by atoms with Gasteiger partial charge in [0.05, 0.1) is 6.61 Å². The topological polar surface area (TPSA) is 41.6 Å². The summed E-state index contributed by atoms with van der Waals surface area (Å²) in [5, 5.41) is 2.89. The SMILES string of the molecule is COCCN(C)CCCNC(=O)C[C@@H](C)c1ccccc1F. The summed E-state index contributed by atoms with van der Waals surface area (Å²) >= 11 is 0. The van der Waals surface area contributed by atoms with Gasteiger partial charge in [-0.3, -0.25) is 4.79 Å². The van der Waals surface area contributed by atoms with Gasteiger partial charge in [0.2, 0.25) is 5.91 Å². The molecule has 1 N–H and O–H groups in total. The third-order valence-electron chi connectivity index (χ3n) is 3.64. The van der Waals surface area contributed by atoms with E-state index in [4.69, 9.17) is 4.74 Å². The van der Waals surface area contributed by atoms with Crippen molar-refractivity contribution in [3.8, 4) is 0 Å². The van der Waals surface area contributed by atoms with Crippen molar-refractivity contribution >= 4 is 5.91 Å². The van der Waals surface area contributed by atoms with Crippen LogP contribution in [-0.4, -0.2) is 51.2 Å². The Kier molecular flexibility index (Phi) is 8.70. The van der Waals surface area contributed by atoms with Gasteiger partial charge in [-0.2, -0.15) is 0 Å². The van der Waals surface area contributed by atoms with Crippen molar-refractivity contribution in [3.63, 3.8) is 0 Å². The number of likely N-dealkylation sites (N-methyl/N-ethyl adjacent to an activating group) is 1. The molecule has 0 spiro atoms. The van der Waals surface area contributed by atoms with Crippen LogP contribution in [0.3, 0.4) is 0 Å². The van der Waals surface area contributed by atoms with Gasteiger partial charge < -0.3 is 15.0 Å². The molecule has 1 amide bonds. The second-order valence-corrected chi connectivity index (χ2v) is 5.63. The second-order valence-electron chi connectivity index (χ2n) is 5.63. The summed E-state index contributed by atoms with van der Waals surface area (Å²) in [4.78, 5) is 14.1. The average Bonchev–Trinajstić information content (AvgIpc) is 2.49. The van der Waals surface area contributed by atoms with E-state index in [-0.39, 0.29) is 17.6 Å². The molecule has 1 atom stereocenters. The minimum Gasteiger partial charge on any atom is -0.383 e. The van der Waals surface area contributed by atoms with Crippen LogP contribution in [0.4, 0.5) is 4.39 Å². The molecule has 0 saturated carbocycles. The van der Waals surface area contributed by atoms with Gasteiger partial charge in [0.25, 0.3) is 0 Å². The summed E-state index contributed by atoms with van der Waals surface area (Å²) in [7, 11) is 3.71. The van der Waals surface area contributed by atoms with Crippen LogP contribution >= 0.6 is 0 Å². The maximum Gasteiger partial charge on any atom is 0.220 e. The maximum absolute atomic E-state index is 13.6. The fourth-order valence-electron chi connectivity index (χ4n) is 2.27. The Morgan fingerprint density at radius 3 is 2.77 bits per heavy atom. The highest BCUT2D eigenvalue weighted by Gasteiger charge is 2.14. The molecule has 0 fully saturated rings. The number of carbonyl (C=O) groups is 1. The highest BCUT2D eigenvalue weighted by Crippen LogP contribution is 2.21. The number of nitrogens with one attached hydrogen (secondary N) is 1. The first kappa shape index (κ1) is 18.6. The Labute approximate surface area is 132 Å². The average molecular weight is 310 g/mol. The summed E-state index contributed by atoms with van der Waals surface area (Å²) in [6.45, 7) is 5.01. The van der Waals surface area contributed by atoms with Crippen LogP contribution in [0.5, 0.6) is 0 Å². The highest BCUT2D eigenvalue weighted by atomic mass is 19.1. The Hall–Kier alpha value is -1.46. The standard InChI is InChI=1S/C17H27FN2O2/c1-14(15-7-4-5-8-16(15)18)13-17(21)19-9-6-10-20(2)11-12-22-3/h4-5,7-8,14H,6,9-13H2,1-3H3,(H,19,21)/t14-/m1/s1. The number of amides is 1. The molecule has 4 nitrogen and oxygen atoms in total. The molecule has 0 aliphatic rings. The number of hydrogen-bond donors (Lipinski definition) is 1. The fraction of sp³-hybridized carbons (Fsp3) is 0.588. The summed E-state index contributed by atoms with van der Waals surface area (Å²) < 4.78 is 18.7. The van der Waals surface area contributed by atoms with E-state index in [1.54, 1.807) is 25.3 Å². The number of ether oxygens (including phenoxy) is 1. The molecule has 0 unspecified atom stereocenters. The molecule has 124 valence electrons. The van der Waals surface area contributed by atoms with Crippen molar-refractivity contribution < 1.29 is 13.9 Å². The van der Waals surface area contributed by atoms with E-state index in [1.165, 1.54) is 6.07 Å². The van der Waals surface area contributed by atoms with Gasteiger partial charge in [-0.15, -0.1) is 0 Å². The minimum atomic E-state index is -0.248. The van der Waals surface area contributed by atoms with Gasteiger partial charge in [-0.05, 0) is 37.6 Å². The van der Waals surface area contributed by atoms with Crippen LogP contribution in [0.2, 0.25) is 0 Å². The zero-order valence-electron chi connectivity index (χ0n) is 13.8. The third kappa shape index (κ3) is 7.00. The second kappa shape index (κ2) is 10.3. The lowest BCUT2D eigenvalue weighted by Crippen LogP contribution is -2.30. The number of hydrogen-bond acceptors (Lipinski definition) is 3. The van der Waals surface area contributed by atoms with Gasteiger partial charge in [-0.25, -0.2) is 4.39 Å². The number of halogens is 1. The van der Waals surface area contributed by atoms with Crippen LogP contribution in [0.25, 0.3) is 0 Å². The molecular weight excluding hydrogens is 283 g/mol. The molecule has 0 aliphatic carbocycles. The predicted molar refractivity (Wildman–Crippen MR) is 86.4 cm³/mol. The molecule has 0 aromatic heterocycles. The third-order valence-corrected chi connectivity index (χ3v) is 3.64. The van der Waals surface area contributed by atoms with Crippen molar-refractivity contribution in [2.45, 2.75) is 25.7 Å². The molecule has 0 radical (unpaired) electrons. The van der Waals surface area contributed by atoms with E-state index in [2.05, 4.69) is 10.2 Å². The monoisotopic (exact) mass is 310 g/mol. The first-order valence-corrected chi connectivity index (χ1v) is 7.73. The lowest BCUT2D eigenvalue weighted by molar-refractivity contribution is -0.121. The normalized spacial score (nSPS) is 12.4. The van der Waals surface area contributed by atoms with Crippen LogP contribution in [0, 0.1) is 5.82 Å². The van der Waals surface area contributed by atoms with Crippen molar-refractivity contribution in [1.29, 1.82) is 0 Å². The smallest absolute Gasteiger partial charge is 0.220 e. The van der Waals surface area contributed by atoms with Crippen molar-refractivity contribution in [1.82, 2.24) is 10.2 Å². The summed E-state index contributed by atoms with van der Waals surface area (Å²) in [6.07, 6.45) is 1.19. The van der Waals surface area contributed by atoms with Crippen LogP contribution in [0.1, 0.15) is 31.2 Å². The first-order valence-electron chi connectivity index (χ1n) is 7.73. The molecule has 5 heteroatoms. The molecule has 0 aliphatic heterocycles. The molecule has 0 saturated heterocycles. The van der Waals surface area contributed by atoms with Gasteiger partial charge in [0.1, 0.15) is 5.82 Å². The molecule has 1 rings (SSSR count). The summed E-state index contributed by atoms with van der Waals surface area (Å²) in [5.74, 6) is -0.400. The summed E-state index contributed by atoms with van der Waals surface area (Å²) in [6, 6.07) is 6.62. The number of methoxy groups -OCH3 is 1. The fourth-order valence-corrected chi connectivity index (χ4v) is 2.27. The predicted octanol–water partition coefficient (Wildman–Crippen LogP) is 2.40. The van der Waals surface area contributed by atoms with Gasteiger partial charge in [0, 0.05) is 26.6 Å². The van der Waals surface area contributed by atoms with Crippen LogP contribution in [0.15, 0.2) is 24.3 Å². The number of rotatable bonds is 10. The number of carbonyl (C=O) groups excluding carboxylic acids is 1. The Balaban J connectivity index is 2.22. The molecule has 0 bridgehead atoms.